The topological polar surface area (TPSA) is 268 Å². The van der Waals surface area contributed by atoms with Crippen molar-refractivity contribution in [2.45, 2.75) is 75.7 Å². The number of carbonyl (C=O) groups is 7. The Morgan fingerprint density at radius 3 is 2.28 bits per heavy atom. The van der Waals surface area contributed by atoms with Gasteiger partial charge in [0, 0.05) is 19.5 Å². The molecule has 46 heavy (non-hydrogen) atoms. The number of aliphatic carboxylic acids is 1. The summed E-state index contributed by atoms with van der Waals surface area (Å²) in [5, 5.41) is 21.9. The Hall–Kier alpha value is -5.22. The molecule has 17 nitrogen and oxygen atoms in total. The van der Waals surface area contributed by atoms with Gasteiger partial charge in [-0.05, 0) is 38.2 Å². The molecule has 0 bridgehead atoms. The molecular formula is C29H41N9O8. The largest absolute Gasteiger partial charge is 0.481 e. The van der Waals surface area contributed by atoms with Gasteiger partial charge in [-0.25, -0.2) is 0 Å². The standard InChI is InChI=1S/C29H41N9O8/c1-16-24(42)36-18(9-5-11-32-29(30)31)25(43)33-15-22(39)35-19(14-23(40)41)26(44)37-20(13-17-7-3-2-4-8-17)28(46)38-12-6-10-21(38)27(45)34-16/h2-4,7-8,16,18-21H,5-6,9-15H2,1H3,(H,33,43)(H,34,45)(H,35,39)(H,36,42)(H,37,44)(H,40,41)(H4,30,31,32)/t16-,18-,19-,20-,21-/m0/s1. The van der Waals surface area contributed by atoms with Crippen LogP contribution in [0, 0.1) is 0 Å². The van der Waals surface area contributed by atoms with Gasteiger partial charge in [-0.15, -0.1) is 0 Å². The fourth-order valence-corrected chi connectivity index (χ4v) is 5.19. The van der Waals surface area contributed by atoms with Crippen LogP contribution in [0.2, 0.25) is 0 Å². The number of carboxylic acid groups (broad SMARTS) is 1. The van der Waals surface area contributed by atoms with Crippen LogP contribution >= 0.6 is 0 Å². The maximum atomic E-state index is 13.9. The average Bonchev–Trinajstić information content (AvgIpc) is 3.50. The molecule has 1 aromatic carbocycles. The number of guanidine groups is 1. The molecule has 0 aromatic heterocycles. The second kappa shape index (κ2) is 16.7. The second-order valence-electron chi connectivity index (χ2n) is 11.1. The molecule has 17 heteroatoms. The SMILES string of the molecule is C[C@@H]1NC(=O)[C@@H]2CCCN2C(=O)[C@H](Cc2ccccc2)NC(=O)[C@H](CC(=O)O)NC(=O)CNC(=O)[C@H](CCCN=C(N)N)NC1=O. The van der Waals surface area contributed by atoms with Gasteiger partial charge in [-0.1, -0.05) is 30.3 Å². The highest BCUT2D eigenvalue weighted by Crippen LogP contribution is 2.20. The maximum Gasteiger partial charge on any atom is 0.305 e. The molecule has 6 amide bonds. The molecule has 0 saturated carbocycles. The van der Waals surface area contributed by atoms with E-state index in [1.807, 2.05) is 0 Å². The summed E-state index contributed by atoms with van der Waals surface area (Å²) in [5.74, 6) is -5.98. The Morgan fingerprint density at radius 1 is 0.913 bits per heavy atom. The van der Waals surface area contributed by atoms with E-state index in [0.717, 1.165) is 0 Å². The zero-order chi connectivity index (χ0) is 33.8. The normalized spacial score (nSPS) is 25.1. The number of nitrogens with one attached hydrogen (secondary N) is 5. The number of fused-ring (bicyclic) bond motifs is 1. The Labute approximate surface area is 265 Å². The van der Waals surface area contributed by atoms with Crippen LogP contribution in [0.4, 0.5) is 0 Å². The van der Waals surface area contributed by atoms with E-state index in [9.17, 15) is 38.7 Å². The lowest BCUT2D eigenvalue weighted by Crippen LogP contribution is -2.60. The van der Waals surface area contributed by atoms with Crippen LogP contribution in [-0.4, -0.2) is 107 Å². The molecule has 0 spiro atoms. The first-order valence-corrected chi connectivity index (χ1v) is 15.0. The Balaban J connectivity index is 1.93. The lowest BCUT2D eigenvalue weighted by atomic mass is 10.0. The minimum absolute atomic E-state index is 0.0173. The van der Waals surface area contributed by atoms with Gasteiger partial charge in [-0.3, -0.25) is 38.6 Å². The Morgan fingerprint density at radius 2 is 1.61 bits per heavy atom. The highest BCUT2D eigenvalue weighted by atomic mass is 16.4. The average molecular weight is 644 g/mol. The molecule has 250 valence electrons. The summed E-state index contributed by atoms with van der Waals surface area (Å²) in [6.07, 6.45) is 0.316. The van der Waals surface area contributed by atoms with E-state index in [1.165, 1.54) is 11.8 Å². The highest BCUT2D eigenvalue weighted by molar-refractivity contribution is 5.98. The van der Waals surface area contributed by atoms with Crippen LogP contribution in [0.5, 0.6) is 0 Å². The summed E-state index contributed by atoms with van der Waals surface area (Å²) in [4.78, 5) is 96.3. The summed E-state index contributed by atoms with van der Waals surface area (Å²) in [6, 6.07) is 2.74. The first kappa shape index (κ1) is 35.3. The number of carbonyl (C=O) groups excluding carboxylic acids is 6. The maximum absolute atomic E-state index is 13.9. The van der Waals surface area contributed by atoms with Gasteiger partial charge in [0.05, 0.1) is 13.0 Å². The molecule has 2 fully saturated rings. The number of aliphatic imine (C=N–C) groups is 1. The molecule has 0 radical (unpaired) electrons. The zero-order valence-electron chi connectivity index (χ0n) is 25.5. The summed E-state index contributed by atoms with van der Waals surface area (Å²) in [7, 11) is 0. The summed E-state index contributed by atoms with van der Waals surface area (Å²) in [6.45, 7) is 1.12. The molecule has 10 N–H and O–H groups in total. The van der Waals surface area contributed by atoms with E-state index in [-0.39, 0.29) is 38.3 Å². The van der Waals surface area contributed by atoms with Gasteiger partial charge in [-0.2, -0.15) is 0 Å². The lowest BCUT2D eigenvalue weighted by molar-refractivity contribution is -0.143. The monoisotopic (exact) mass is 643 g/mol. The van der Waals surface area contributed by atoms with Gasteiger partial charge in [0.25, 0.3) is 0 Å². The van der Waals surface area contributed by atoms with Gasteiger partial charge in [0.2, 0.25) is 35.4 Å². The Kier molecular flexibility index (Phi) is 12.8. The number of rotatable bonds is 8. The molecule has 2 saturated heterocycles. The number of benzene rings is 1. The van der Waals surface area contributed by atoms with E-state index in [0.29, 0.717) is 18.4 Å². The third-order valence-electron chi connectivity index (χ3n) is 7.52. The lowest BCUT2D eigenvalue weighted by Gasteiger charge is -2.30. The van der Waals surface area contributed by atoms with E-state index >= 15 is 0 Å². The predicted octanol–water partition coefficient (Wildman–Crippen LogP) is -3.16. The molecule has 2 aliphatic heterocycles. The van der Waals surface area contributed by atoms with Crippen LogP contribution in [0.25, 0.3) is 0 Å². The fraction of sp³-hybridized carbons (Fsp3) is 0.517. The van der Waals surface area contributed by atoms with Crippen LogP contribution in [0.3, 0.4) is 0 Å². The van der Waals surface area contributed by atoms with Gasteiger partial charge >= 0.3 is 5.97 Å². The molecule has 2 aliphatic rings. The molecule has 0 aliphatic carbocycles. The Bertz CT molecular complexity index is 1330. The van der Waals surface area contributed by atoms with E-state index in [2.05, 4.69) is 31.6 Å². The first-order valence-electron chi connectivity index (χ1n) is 15.0. The number of hydrogen-bond donors (Lipinski definition) is 8. The smallest absolute Gasteiger partial charge is 0.305 e. The fourth-order valence-electron chi connectivity index (χ4n) is 5.19. The van der Waals surface area contributed by atoms with Crippen molar-refractivity contribution >= 4 is 47.4 Å². The van der Waals surface area contributed by atoms with Crippen LogP contribution in [-0.2, 0) is 40.0 Å². The number of carboxylic acids is 1. The van der Waals surface area contributed by atoms with Crippen molar-refractivity contribution in [3.63, 3.8) is 0 Å². The molecule has 5 atom stereocenters. The van der Waals surface area contributed by atoms with Gasteiger partial charge in [0.15, 0.2) is 5.96 Å². The van der Waals surface area contributed by atoms with E-state index in [1.54, 1.807) is 30.3 Å². The van der Waals surface area contributed by atoms with Crippen LogP contribution < -0.4 is 38.1 Å². The highest BCUT2D eigenvalue weighted by Gasteiger charge is 2.39. The third-order valence-corrected chi connectivity index (χ3v) is 7.52. The van der Waals surface area contributed by atoms with E-state index < -0.39 is 84.6 Å². The van der Waals surface area contributed by atoms with Crippen LogP contribution in [0.15, 0.2) is 35.3 Å². The second-order valence-corrected chi connectivity index (χ2v) is 11.1. The quantitative estimate of drug-likeness (QED) is 0.0800. The van der Waals surface area contributed by atoms with Crippen LogP contribution in [0.1, 0.15) is 44.6 Å². The number of hydrogen-bond acceptors (Lipinski definition) is 8. The summed E-state index contributed by atoms with van der Waals surface area (Å²) < 4.78 is 0. The minimum atomic E-state index is -1.60. The summed E-state index contributed by atoms with van der Waals surface area (Å²) in [5.41, 5.74) is 11.4. The van der Waals surface area contributed by atoms with Crippen molar-refractivity contribution in [3.8, 4) is 0 Å². The molecular weight excluding hydrogens is 602 g/mol. The van der Waals surface area contributed by atoms with Crippen molar-refractivity contribution in [1.29, 1.82) is 0 Å². The predicted molar refractivity (Wildman–Crippen MR) is 163 cm³/mol. The van der Waals surface area contributed by atoms with Gasteiger partial charge < -0.3 is 48.1 Å². The molecule has 3 rings (SSSR count). The third kappa shape index (κ3) is 10.4. The van der Waals surface area contributed by atoms with Crippen molar-refractivity contribution in [2.24, 2.45) is 16.5 Å². The number of amides is 6. The molecule has 1 aromatic rings. The molecule has 2 heterocycles. The minimum Gasteiger partial charge on any atom is -0.481 e. The van der Waals surface area contributed by atoms with Gasteiger partial charge in [0.1, 0.15) is 30.2 Å². The molecule has 0 unspecified atom stereocenters. The van der Waals surface area contributed by atoms with Crippen molar-refractivity contribution in [2.75, 3.05) is 19.6 Å². The number of nitrogens with zero attached hydrogens (tertiary/aromatic N) is 2. The zero-order valence-corrected chi connectivity index (χ0v) is 25.5. The summed E-state index contributed by atoms with van der Waals surface area (Å²) >= 11 is 0. The van der Waals surface area contributed by atoms with Crippen molar-refractivity contribution in [1.82, 2.24) is 31.5 Å². The van der Waals surface area contributed by atoms with Crippen molar-refractivity contribution in [3.05, 3.63) is 35.9 Å². The van der Waals surface area contributed by atoms with E-state index in [4.69, 9.17) is 11.5 Å². The number of nitrogens with two attached hydrogens (primary N) is 2. The first-order chi connectivity index (χ1) is 21.8. The van der Waals surface area contributed by atoms with Crippen molar-refractivity contribution < 1.29 is 38.7 Å².